The molecule has 18 heavy (non-hydrogen) atoms. The van der Waals surface area contributed by atoms with E-state index >= 15 is 0 Å². The van der Waals surface area contributed by atoms with Gasteiger partial charge < -0.3 is 5.73 Å². The minimum atomic E-state index is -3.56. The molecule has 102 valence electrons. The fraction of sp³-hybridized carbons (Fsp3) is 0.500. The van der Waals surface area contributed by atoms with Crippen LogP contribution in [0.3, 0.4) is 0 Å². The highest BCUT2D eigenvalue weighted by molar-refractivity contribution is 7.89. The summed E-state index contributed by atoms with van der Waals surface area (Å²) >= 11 is 5.87. The zero-order valence-corrected chi connectivity index (χ0v) is 12.0. The Labute approximate surface area is 114 Å². The zero-order valence-electron chi connectivity index (χ0n) is 10.4. The molecule has 0 unspecified atom stereocenters. The van der Waals surface area contributed by atoms with Crippen LogP contribution in [0.4, 0.5) is 5.69 Å². The van der Waals surface area contributed by atoms with Crippen molar-refractivity contribution in [2.75, 3.05) is 12.3 Å². The van der Waals surface area contributed by atoms with Crippen LogP contribution in [-0.2, 0) is 10.0 Å². The van der Waals surface area contributed by atoms with Gasteiger partial charge in [-0.3, -0.25) is 0 Å². The van der Waals surface area contributed by atoms with E-state index in [0.717, 1.165) is 25.7 Å². The second kappa shape index (κ2) is 6.97. The predicted octanol–water partition coefficient (Wildman–Crippen LogP) is 2.78. The fourth-order valence-corrected chi connectivity index (χ4v) is 3.17. The van der Waals surface area contributed by atoms with Crippen molar-refractivity contribution in [1.29, 1.82) is 0 Å². The van der Waals surface area contributed by atoms with Crippen LogP contribution in [0.1, 0.15) is 32.6 Å². The monoisotopic (exact) mass is 290 g/mol. The summed E-state index contributed by atoms with van der Waals surface area (Å²) in [6, 6.07) is 4.43. The lowest BCUT2D eigenvalue weighted by Crippen LogP contribution is -2.25. The summed E-state index contributed by atoms with van der Waals surface area (Å²) in [5.41, 5.74) is 5.95. The standard InChI is InChI=1S/C12H19ClN2O2S/c1-2-3-4-5-8-15-18(16,17)12-9-10(14)6-7-11(12)13/h6-7,9,15H,2-5,8,14H2,1H3. The van der Waals surface area contributed by atoms with Crippen LogP contribution >= 0.6 is 11.6 Å². The SMILES string of the molecule is CCCCCCNS(=O)(=O)c1cc(N)ccc1Cl. The van der Waals surface area contributed by atoms with E-state index in [-0.39, 0.29) is 9.92 Å². The first-order chi connectivity index (χ1) is 8.47. The molecular formula is C12H19ClN2O2S. The summed E-state index contributed by atoms with van der Waals surface area (Å²) < 4.78 is 26.5. The molecule has 0 heterocycles. The third-order valence-electron chi connectivity index (χ3n) is 2.57. The molecular weight excluding hydrogens is 272 g/mol. The maximum Gasteiger partial charge on any atom is 0.242 e. The number of sulfonamides is 1. The molecule has 0 aliphatic carbocycles. The van der Waals surface area contributed by atoms with Gasteiger partial charge in [0.15, 0.2) is 0 Å². The molecule has 0 radical (unpaired) electrons. The highest BCUT2D eigenvalue weighted by atomic mass is 35.5. The molecule has 0 atom stereocenters. The molecule has 0 aliphatic heterocycles. The number of hydrogen-bond acceptors (Lipinski definition) is 3. The van der Waals surface area contributed by atoms with E-state index in [2.05, 4.69) is 11.6 Å². The number of benzene rings is 1. The Hall–Kier alpha value is -0.780. The largest absolute Gasteiger partial charge is 0.399 e. The molecule has 0 amide bonds. The van der Waals surface area contributed by atoms with Crippen molar-refractivity contribution in [3.63, 3.8) is 0 Å². The van der Waals surface area contributed by atoms with E-state index in [1.165, 1.54) is 12.1 Å². The van der Waals surface area contributed by atoms with Crippen molar-refractivity contribution in [3.8, 4) is 0 Å². The van der Waals surface area contributed by atoms with E-state index < -0.39 is 10.0 Å². The first kappa shape index (κ1) is 15.3. The Balaban J connectivity index is 2.66. The topological polar surface area (TPSA) is 72.2 Å². The predicted molar refractivity (Wildman–Crippen MR) is 75.2 cm³/mol. The van der Waals surface area contributed by atoms with Crippen molar-refractivity contribution in [2.45, 2.75) is 37.5 Å². The Morgan fingerprint density at radius 3 is 2.67 bits per heavy atom. The number of anilines is 1. The number of nitrogens with two attached hydrogens (primary N) is 1. The van der Waals surface area contributed by atoms with Gasteiger partial charge in [0.05, 0.1) is 5.02 Å². The van der Waals surface area contributed by atoms with Gasteiger partial charge in [0.25, 0.3) is 0 Å². The highest BCUT2D eigenvalue weighted by Gasteiger charge is 2.17. The van der Waals surface area contributed by atoms with Gasteiger partial charge in [-0.2, -0.15) is 0 Å². The van der Waals surface area contributed by atoms with Crippen molar-refractivity contribution in [2.24, 2.45) is 0 Å². The number of nitrogen functional groups attached to an aromatic ring is 1. The van der Waals surface area contributed by atoms with Gasteiger partial charge in [-0.25, -0.2) is 13.1 Å². The van der Waals surface area contributed by atoms with Crippen LogP contribution in [0.2, 0.25) is 5.02 Å². The van der Waals surface area contributed by atoms with Crippen LogP contribution in [-0.4, -0.2) is 15.0 Å². The molecule has 0 saturated carbocycles. The van der Waals surface area contributed by atoms with Crippen LogP contribution in [0.15, 0.2) is 23.1 Å². The van der Waals surface area contributed by atoms with E-state index in [1.54, 1.807) is 6.07 Å². The number of rotatable bonds is 7. The molecule has 0 spiro atoms. The molecule has 3 N–H and O–H groups in total. The van der Waals surface area contributed by atoms with Crippen molar-refractivity contribution in [3.05, 3.63) is 23.2 Å². The molecule has 6 heteroatoms. The minimum absolute atomic E-state index is 0.0414. The molecule has 0 aromatic heterocycles. The molecule has 0 bridgehead atoms. The summed E-state index contributed by atoms with van der Waals surface area (Å²) in [4.78, 5) is 0.0414. The molecule has 1 rings (SSSR count). The first-order valence-electron chi connectivity index (χ1n) is 6.02. The van der Waals surface area contributed by atoms with E-state index in [4.69, 9.17) is 17.3 Å². The lowest BCUT2D eigenvalue weighted by atomic mass is 10.2. The van der Waals surface area contributed by atoms with Crippen LogP contribution < -0.4 is 10.5 Å². The number of nitrogens with one attached hydrogen (secondary N) is 1. The van der Waals surface area contributed by atoms with Crippen LogP contribution in [0, 0.1) is 0 Å². The molecule has 1 aromatic carbocycles. The minimum Gasteiger partial charge on any atom is -0.399 e. The second-order valence-corrected chi connectivity index (χ2v) is 6.29. The van der Waals surface area contributed by atoms with Crippen LogP contribution in [0.25, 0.3) is 0 Å². The summed E-state index contributed by atoms with van der Waals surface area (Å²) in [5, 5.41) is 0.185. The normalized spacial score (nSPS) is 11.7. The van der Waals surface area contributed by atoms with Gasteiger partial charge in [0, 0.05) is 12.2 Å². The van der Waals surface area contributed by atoms with E-state index in [0.29, 0.717) is 12.2 Å². The Kier molecular flexibility index (Phi) is 5.91. The van der Waals surface area contributed by atoms with Gasteiger partial charge in [0.1, 0.15) is 4.90 Å². The average molecular weight is 291 g/mol. The van der Waals surface area contributed by atoms with Crippen LogP contribution in [0.5, 0.6) is 0 Å². The average Bonchev–Trinajstić information content (AvgIpc) is 2.32. The van der Waals surface area contributed by atoms with Crippen molar-refractivity contribution < 1.29 is 8.42 Å². The summed E-state index contributed by atoms with van der Waals surface area (Å²) in [6.45, 7) is 2.53. The highest BCUT2D eigenvalue weighted by Crippen LogP contribution is 2.23. The Morgan fingerprint density at radius 1 is 1.28 bits per heavy atom. The van der Waals surface area contributed by atoms with E-state index in [9.17, 15) is 8.42 Å². The number of unbranched alkanes of at least 4 members (excludes halogenated alkanes) is 3. The summed E-state index contributed by atoms with van der Waals surface area (Å²) in [6.07, 6.45) is 4.07. The fourth-order valence-electron chi connectivity index (χ4n) is 1.56. The number of halogens is 1. The Bertz CT molecular complexity index is 489. The first-order valence-corrected chi connectivity index (χ1v) is 7.88. The van der Waals surface area contributed by atoms with Crippen molar-refractivity contribution >= 4 is 27.3 Å². The van der Waals surface area contributed by atoms with Gasteiger partial charge >= 0.3 is 0 Å². The summed E-state index contributed by atoms with van der Waals surface area (Å²) in [7, 11) is -3.56. The third kappa shape index (κ3) is 4.48. The van der Waals surface area contributed by atoms with Gasteiger partial charge in [-0.05, 0) is 24.6 Å². The number of hydrogen-bond donors (Lipinski definition) is 2. The van der Waals surface area contributed by atoms with Crippen molar-refractivity contribution in [1.82, 2.24) is 4.72 Å². The lowest BCUT2D eigenvalue weighted by Gasteiger charge is -2.08. The van der Waals surface area contributed by atoms with E-state index in [1.807, 2.05) is 0 Å². The maximum atomic E-state index is 12.0. The quantitative estimate of drug-likeness (QED) is 0.599. The third-order valence-corrected chi connectivity index (χ3v) is 4.51. The lowest BCUT2D eigenvalue weighted by molar-refractivity contribution is 0.574. The molecule has 1 aromatic rings. The molecule has 0 fully saturated rings. The smallest absolute Gasteiger partial charge is 0.242 e. The van der Waals surface area contributed by atoms with Gasteiger partial charge in [0.2, 0.25) is 10.0 Å². The van der Waals surface area contributed by atoms with Gasteiger partial charge in [-0.15, -0.1) is 0 Å². The second-order valence-electron chi connectivity index (χ2n) is 4.15. The zero-order chi connectivity index (χ0) is 13.6. The molecule has 0 aliphatic rings. The Morgan fingerprint density at radius 2 is 2.00 bits per heavy atom. The molecule has 0 saturated heterocycles. The maximum absolute atomic E-state index is 12.0. The summed E-state index contributed by atoms with van der Waals surface area (Å²) in [5.74, 6) is 0. The molecule has 4 nitrogen and oxygen atoms in total. The van der Waals surface area contributed by atoms with Gasteiger partial charge in [-0.1, -0.05) is 37.8 Å².